The Hall–Kier alpha value is -1.62. The number of rotatable bonds is 4. The number of anilines is 2. The lowest BCUT2D eigenvalue weighted by atomic mass is 9.96. The Morgan fingerprint density at radius 1 is 1.14 bits per heavy atom. The third-order valence-corrected chi connectivity index (χ3v) is 3.21. The summed E-state index contributed by atoms with van der Waals surface area (Å²) in [6.45, 7) is 8.92. The molecule has 0 atom stereocenters. The van der Waals surface area contributed by atoms with Crippen LogP contribution in [0.5, 0.6) is 5.75 Å². The lowest BCUT2D eigenvalue weighted by Crippen LogP contribution is -2.16. The Morgan fingerprint density at radius 3 is 2.38 bits per heavy atom. The highest BCUT2D eigenvalue weighted by Crippen LogP contribution is 2.25. The molecule has 0 aliphatic carbocycles. The second-order valence-corrected chi connectivity index (χ2v) is 6.54. The fourth-order valence-corrected chi connectivity index (χ4v) is 2.15. The standard InChI is InChI=1S/C16H20BrN3O/c1-5-21-12-8-6-11(7-9-12)18-14-10-13(17)19-15(20-14)16(2,3)4/h6-10H,5H2,1-4H3,(H,18,19,20). The average Bonchev–Trinajstić information content (AvgIpc) is 2.40. The van der Waals surface area contributed by atoms with Crippen LogP contribution >= 0.6 is 15.9 Å². The molecule has 0 saturated carbocycles. The molecule has 1 N–H and O–H groups in total. The molecule has 4 nitrogen and oxygen atoms in total. The van der Waals surface area contributed by atoms with Crippen molar-refractivity contribution in [3.8, 4) is 5.75 Å². The second-order valence-electron chi connectivity index (χ2n) is 5.73. The first-order valence-electron chi connectivity index (χ1n) is 6.93. The zero-order chi connectivity index (χ0) is 15.5. The van der Waals surface area contributed by atoms with Crippen molar-refractivity contribution in [2.75, 3.05) is 11.9 Å². The normalized spacial score (nSPS) is 11.3. The van der Waals surface area contributed by atoms with E-state index in [0.717, 1.165) is 27.7 Å². The Kier molecular flexibility index (Phi) is 4.83. The van der Waals surface area contributed by atoms with Crippen LogP contribution in [0.2, 0.25) is 0 Å². The summed E-state index contributed by atoms with van der Waals surface area (Å²) in [5, 5.41) is 3.29. The molecule has 2 aromatic rings. The zero-order valence-electron chi connectivity index (χ0n) is 12.8. The van der Waals surface area contributed by atoms with Crippen molar-refractivity contribution in [3.63, 3.8) is 0 Å². The van der Waals surface area contributed by atoms with Gasteiger partial charge in [-0.2, -0.15) is 0 Å². The number of nitrogens with zero attached hydrogens (tertiary/aromatic N) is 2. The molecule has 1 aromatic carbocycles. The van der Waals surface area contributed by atoms with Crippen LogP contribution < -0.4 is 10.1 Å². The summed E-state index contributed by atoms with van der Waals surface area (Å²) in [5.41, 5.74) is 0.864. The van der Waals surface area contributed by atoms with Crippen molar-refractivity contribution in [2.24, 2.45) is 0 Å². The quantitative estimate of drug-likeness (QED) is 0.814. The molecule has 0 radical (unpaired) electrons. The maximum absolute atomic E-state index is 5.43. The summed E-state index contributed by atoms with van der Waals surface area (Å²) in [5.74, 6) is 2.43. The number of ether oxygens (including phenoxy) is 1. The number of hydrogen-bond donors (Lipinski definition) is 1. The smallest absolute Gasteiger partial charge is 0.137 e. The SMILES string of the molecule is CCOc1ccc(Nc2cc(Br)nc(C(C)(C)C)n2)cc1. The summed E-state index contributed by atoms with van der Waals surface area (Å²) < 4.78 is 6.21. The summed E-state index contributed by atoms with van der Waals surface area (Å²) in [4.78, 5) is 9.01. The molecule has 5 heteroatoms. The van der Waals surface area contributed by atoms with E-state index in [1.165, 1.54) is 0 Å². The first-order chi connectivity index (χ1) is 9.88. The van der Waals surface area contributed by atoms with Crippen molar-refractivity contribution in [1.29, 1.82) is 0 Å². The maximum Gasteiger partial charge on any atom is 0.137 e. The van der Waals surface area contributed by atoms with Gasteiger partial charge in [0.2, 0.25) is 0 Å². The van der Waals surface area contributed by atoms with E-state index in [1.54, 1.807) is 0 Å². The van der Waals surface area contributed by atoms with Crippen LogP contribution in [0, 0.1) is 0 Å². The summed E-state index contributed by atoms with van der Waals surface area (Å²) >= 11 is 3.44. The van der Waals surface area contributed by atoms with Gasteiger partial charge in [-0.1, -0.05) is 20.8 Å². The molecule has 1 heterocycles. The number of hydrogen-bond acceptors (Lipinski definition) is 4. The summed E-state index contributed by atoms with van der Waals surface area (Å²) in [6, 6.07) is 9.68. The fraction of sp³-hybridized carbons (Fsp3) is 0.375. The molecule has 0 fully saturated rings. The van der Waals surface area contributed by atoms with E-state index in [-0.39, 0.29) is 5.41 Å². The number of nitrogens with one attached hydrogen (secondary N) is 1. The molecule has 0 unspecified atom stereocenters. The molecule has 21 heavy (non-hydrogen) atoms. The van der Waals surface area contributed by atoms with Gasteiger partial charge in [0.25, 0.3) is 0 Å². The summed E-state index contributed by atoms with van der Waals surface area (Å²) in [6.07, 6.45) is 0. The van der Waals surface area contributed by atoms with Crippen LogP contribution in [0.25, 0.3) is 0 Å². The number of halogens is 1. The molecule has 0 aliphatic rings. The Bertz CT molecular complexity index is 606. The van der Waals surface area contributed by atoms with Crippen molar-refractivity contribution in [2.45, 2.75) is 33.1 Å². The van der Waals surface area contributed by atoms with Gasteiger partial charge < -0.3 is 10.1 Å². The maximum atomic E-state index is 5.43. The van der Waals surface area contributed by atoms with E-state index >= 15 is 0 Å². The lowest BCUT2D eigenvalue weighted by molar-refractivity contribution is 0.340. The number of aromatic nitrogens is 2. The van der Waals surface area contributed by atoms with Crippen LogP contribution in [0.3, 0.4) is 0 Å². The van der Waals surface area contributed by atoms with E-state index in [9.17, 15) is 0 Å². The molecule has 2 rings (SSSR count). The van der Waals surface area contributed by atoms with Crippen LogP contribution in [0.1, 0.15) is 33.5 Å². The van der Waals surface area contributed by atoms with Gasteiger partial charge in [-0.05, 0) is 47.1 Å². The topological polar surface area (TPSA) is 47.0 Å². The molecule has 0 spiro atoms. The largest absolute Gasteiger partial charge is 0.494 e. The van der Waals surface area contributed by atoms with Gasteiger partial charge in [0, 0.05) is 17.2 Å². The molecule has 0 bridgehead atoms. The highest BCUT2D eigenvalue weighted by Gasteiger charge is 2.18. The molecule has 0 aliphatic heterocycles. The second kappa shape index (κ2) is 6.43. The summed E-state index contributed by atoms with van der Waals surface area (Å²) in [7, 11) is 0. The molecular weight excluding hydrogens is 330 g/mol. The van der Waals surface area contributed by atoms with Gasteiger partial charge in [0.05, 0.1) is 6.61 Å². The van der Waals surface area contributed by atoms with E-state index in [0.29, 0.717) is 6.61 Å². The Balaban J connectivity index is 2.21. The predicted molar refractivity (Wildman–Crippen MR) is 89.3 cm³/mol. The van der Waals surface area contributed by atoms with Crippen LogP contribution in [0.4, 0.5) is 11.5 Å². The monoisotopic (exact) mass is 349 g/mol. The van der Waals surface area contributed by atoms with E-state index < -0.39 is 0 Å². The van der Waals surface area contributed by atoms with Crippen LogP contribution in [-0.4, -0.2) is 16.6 Å². The minimum atomic E-state index is -0.0982. The highest BCUT2D eigenvalue weighted by atomic mass is 79.9. The van der Waals surface area contributed by atoms with Crippen molar-refractivity contribution in [3.05, 3.63) is 40.8 Å². The zero-order valence-corrected chi connectivity index (χ0v) is 14.4. The predicted octanol–water partition coefficient (Wildman–Crippen LogP) is 4.68. The van der Waals surface area contributed by atoms with Crippen molar-refractivity contribution >= 4 is 27.4 Å². The van der Waals surface area contributed by atoms with Gasteiger partial charge in [-0.25, -0.2) is 9.97 Å². The molecule has 0 amide bonds. The van der Waals surface area contributed by atoms with Gasteiger partial charge >= 0.3 is 0 Å². The van der Waals surface area contributed by atoms with Gasteiger partial charge in [0.15, 0.2) is 0 Å². The highest BCUT2D eigenvalue weighted by molar-refractivity contribution is 9.10. The third-order valence-electron chi connectivity index (χ3n) is 2.80. The lowest BCUT2D eigenvalue weighted by Gasteiger charge is -2.18. The van der Waals surface area contributed by atoms with Gasteiger partial charge in [-0.15, -0.1) is 0 Å². The molecule has 0 saturated heterocycles. The van der Waals surface area contributed by atoms with Crippen molar-refractivity contribution < 1.29 is 4.74 Å². The Morgan fingerprint density at radius 2 is 1.81 bits per heavy atom. The molecule has 1 aromatic heterocycles. The Labute approximate surface area is 134 Å². The minimum Gasteiger partial charge on any atom is -0.494 e. The van der Waals surface area contributed by atoms with E-state index in [4.69, 9.17) is 4.74 Å². The molecular formula is C16H20BrN3O. The molecule has 112 valence electrons. The van der Waals surface area contributed by atoms with E-state index in [1.807, 2.05) is 37.3 Å². The van der Waals surface area contributed by atoms with Gasteiger partial charge in [0.1, 0.15) is 22.0 Å². The van der Waals surface area contributed by atoms with Crippen molar-refractivity contribution in [1.82, 2.24) is 9.97 Å². The van der Waals surface area contributed by atoms with E-state index in [2.05, 4.69) is 52.0 Å². The minimum absolute atomic E-state index is 0.0982. The first kappa shape index (κ1) is 15.8. The van der Waals surface area contributed by atoms with Gasteiger partial charge in [-0.3, -0.25) is 0 Å². The number of benzene rings is 1. The van der Waals surface area contributed by atoms with Crippen LogP contribution in [-0.2, 0) is 5.41 Å². The first-order valence-corrected chi connectivity index (χ1v) is 7.73. The van der Waals surface area contributed by atoms with Crippen LogP contribution in [0.15, 0.2) is 34.9 Å². The fourth-order valence-electron chi connectivity index (χ4n) is 1.77. The third kappa shape index (κ3) is 4.43. The average molecular weight is 350 g/mol.